The lowest BCUT2D eigenvalue weighted by Crippen LogP contribution is -2.15. The summed E-state index contributed by atoms with van der Waals surface area (Å²) in [6.07, 6.45) is 0. The Balaban J connectivity index is 3.15. The lowest BCUT2D eigenvalue weighted by atomic mass is 10.3. The summed E-state index contributed by atoms with van der Waals surface area (Å²) in [4.78, 5) is 9.37. The largest absolute Gasteiger partial charge is 0.479 e. The molecule has 1 rings (SSSR count). The number of primary sulfonamides is 1. The molecule has 94 valence electrons. The van der Waals surface area contributed by atoms with E-state index in [9.17, 15) is 22.0 Å². The number of halogens is 2. The lowest BCUT2D eigenvalue weighted by molar-refractivity contribution is -0.139. The highest BCUT2D eigenvalue weighted by Crippen LogP contribution is 2.24. The highest BCUT2D eigenvalue weighted by atomic mass is 32.2. The second-order valence-electron chi connectivity index (χ2n) is 2.94. The van der Waals surface area contributed by atoms with E-state index in [0.29, 0.717) is 12.1 Å². The van der Waals surface area contributed by atoms with Crippen LogP contribution in [-0.2, 0) is 14.8 Å². The number of carboxylic acids is 1. The molecule has 0 atom stereocenters. The molecule has 3 N–H and O–H groups in total. The van der Waals surface area contributed by atoms with E-state index in [1.54, 1.807) is 0 Å². The zero-order valence-corrected chi connectivity index (χ0v) is 9.00. The first-order chi connectivity index (χ1) is 7.71. The molecule has 0 bridgehead atoms. The number of nitrogens with two attached hydrogens (primary N) is 1. The van der Waals surface area contributed by atoms with E-state index in [1.165, 1.54) is 0 Å². The molecule has 0 aliphatic heterocycles. The average molecular weight is 267 g/mol. The third-order valence-electron chi connectivity index (χ3n) is 1.64. The number of sulfonamides is 1. The molecule has 0 radical (unpaired) electrons. The van der Waals surface area contributed by atoms with Gasteiger partial charge in [-0.15, -0.1) is 0 Å². The van der Waals surface area contributed by atoms with Crippen LogP contribution in [0.4, 0.5) is 8.78 Å². The van der Waals surface area contributed by atoms with E-state index in [0.717, 1.165) is 0 Å². The zero-order valence-electron chi connectivity index (χ0n) is 8.18. The quantitative estimate of drug-likeness (QED) is 0.803. The minimum absolute atomic E-state index is 0.440. The van der Waals surface area contributed by atoms with Crippen molar-refractivity contribution < 1.29 is 31.8 Å². The molecule has 17 heavy (non-hydrogen) atoms. The fraction of sp³-hybridized carbons (Fsp3) is 0.125. The third-order valence-corrected chi connectivity index (χ3v) is 2.53. The maximum Gasteiger partial charge on any atom is 0.341 e. The zero-order chi connectivity index (χ0) is 13.2. The van der Waals surface area contributed by atoms with Crippen LogP contribution >= 0.6 is 0 Å². The molecule has 6 nitrogen and oxygen atoms in total. The molecule has 0 amide bonds. The summed E-state index contributed by atoms with van der Waals surface area (Å²) in [6, 6.07) is 0.880. The summed E-state index contributed by atoms with van der Waals surface area (Å²) in [5.41, 5.74) is 0. The molecular formula is C8H7F2NO5S. The minimum atomic E-state index is -4.25. The Morgan fingerprint density at radius 2 is 1.82 bits per heavy atom. The van der Waals surface area contributed by atoms with Crippen molar-refractivity contribution in [2.45, 2.75) is 4.90 Å². The standard InChI is InChI=1S/C8H7F2NO5S/c9-5-1-4(17(11,14)15)2-6(10)8(5)16-3-7(12)13/h1-2H,3H2,(H,12,13)(H2,11,14,15). The Labute approximate surface area is 94.7 Å². The Morgan fingerprint density at radius 3 is 2.18 bits per heavy atom. The summed E-state index contributed by atoms with van der Waals surface area (Å²) < 4.78 is 52.4. The topological polar surface area (TPSA) is 107 Å². The van der Waals surface area contributed by atoms with Crippen LogP contribution in [0.2, 0.25) is 0 Å². The molecule has 0 saturated carbocycles. The molecular weight excluding hydrogens is 260 g/mol. The molecule has 9 heteroatoms. The first-order valence-corrected chi connectivity index (χ1v) is 5.63. The fourth-order valence-electron chi connectivity index (χ4n) is 0.973. The average Bonchev–Trinajstić information content (AvgIpc) is 2.14. The monoisotopic (exact) mass is 267 g/mol. The van der Waals surface area contributed by atoms with Crippen LogP contribution in [-0.4, -0.2) is 26.1 Å². The number of hydrogen-bond acceptors (Lipinski definition) is 4. The normalized spacial score (nSPS) is 11.2. The molecule has 0 unspecified atom stereocenters. The summed E-state index contributed by atoms with van der Waals surface area (Å²) in [6.45, 7) is -0.956. The van der Waals surface area contributed by atoms with Crippen LogP contribution in [0.25, 0.3) is 0 Å². The second kappa shape index (κ2) is 4.63. The van der Waals surface area contributed by atoms with E-state index in [1.807, 2.05) is 0 Å². The highest BCUT2D eigenvalue weighted by molar-refractivity contribution is 7.89. The summed E-state index contributed by atoms with van der Waals surface area (Å²) >= 11 is 0. The molecule has 1 aromatic rings. The maximum absolute atomic E-state index is 13.2. The van der Waals surface area contributed by atoms with E-state index < -0.39 is 44.9 Å². The number of hydrogen-bond donors (Lipinski definition) is 2. The number of carboxylic acid groups (broad SMARTS) is 1. The van der Waals surface area contributed by atoms with E-state index >= 15 is 0 Å². The number of benzene rings is 1. The smallest absolute Gasteiger partial charge is 0.341 e. The van der Waals surface area contributed by atoms with E-state index in [2.05, 4.69) is 9.88 Å². The molecule has 0 aromatic heterocycles. The van der Waals surface area contributed by atoms with Gasteiger partial charge < -0.3 is 9.84 Å². The van der Waals surface area contributed by atoms with Crippen molar-refractivity contribution in [1.82, 2.24) is 0 Å². The van der Waals surface area contributed by atoms with Crippen molar-refractivity contribution in [3.8, 4) is 5.75 Å². The van der Waals surface area contributed by atoms with Gasteiger partial charge in [-0.2, -0.15) is 0 Å². The molecule has 0 spiro atoms. The van der Waals surface area contributed by atoms with Crippen LogP contribution in [0.3, 0.4) is 0 Å². The summed E-state index contributed by atoms with van der Waals surface area (Å²) in [5.74, 6) is -5.11. The first-order valence-electron chi connectivity index (χ1n) is 4.08. The molecule has 0 fully saturated rings. The van der Waals surface area contributed by atoms with Crippen LogP contribution < -0.4 is 9.88 Å². The summed E-state index contributed by atoms with van der Waals surface area (Å²) in [7, 11) is -4.25. The van der Waals surface area contributed by atoms with Gasteiger partial charge in [0.1, 0.15) is 0 Å². The van der Waals surface area contributed by atoms with Gasteiger partial charge in [-0.3, -0.25) is 0 Å². The Bertz CT molecular complexity index is 534. The van der Waals surface area contributed by atoms with Gasteiger partial charge in [0.15, 0.2) is 24.0 Å². The minimum Gasteiger partial charge on any atom is -0.479 e. The van der Waals surface area contributed by atoms with Crippen molar-refractivity contribution in [2.24, 2.45) is 5.14 Å². The SMILES string of the molecule is NS(=O)(=O)c1cc(F)c(OCC(=O)O)c(F)c1. The number of rotatable bonds is 4. The van der Waals surface area contributed by atoms with Crippen LogP contribution in [0, 0.1) is 11.6 Å². The van der Waals surface area contributed by atoms with Crippen molar-refractivity contribution in [3.63, 3.8) is 0 Å². The number of carbonyl (C=O) groups is 1. The van der Waals surface area contributed by atoms with Gasteiger partial charge in [0, 0.05) is 0 Å². The molecule has 0 aliphatic carbocycles. The molecule has 1 aromatic carbocycles. The van der Waals surface area contributed by atoms with Crippen molar-refractivity contribution in [2.75, 3.05) is 6.61 Å². The van der Waals surface area contributed by atoms with Gasteiger partial charge >= 0.3 is 5.97 Å². The predicted molar refractivity (Wildman–Crippen MR) is 50.9 cm³/mol. The first kappa shape index (κ1) is 13.3. The summed E-state index contributed by atoms with van der Waals surface area (Å²) in [5, 5.41) is 12.9. The molecule has 0 heterocycles. The number of aliphatic carboxylic acids is 1. The van der Waals surface area contributed by atoms with Crippen molar-refractivity contribution in [3.05, 3.63) is 23.8 Å². The van der Waals surface area contributed by atoms with Gasteiger partial charge in [0.05, 0.1) is 4.90 Å². The lowest BCUT2D eigenvalue weighted by Gasteiger charge is -2.07. The second-order valence-corrected chi connectivity index (χ2v) is 4.50. The Morgan fingerprint density at radius 1 is 1.35 bits per heavy atom. The third kappa shape index (κ3) is 3.36. The Hall–Kier alpha value is -1.74. The van der Waals surface area contributed by atoms with Gasteiger partial charge in [0.2, 0.25) is 10.0 Å². The van der Waals surface area contributed by atoms with Crippen molar-refractivity contribution in [1.29, 1.82) is 0 Å². The van der Waals surface area contributed by atoms with Crippen molar-refractivity contribution >= 4 is 16.0 Å². The predicted octanol–water partition coefficient (Wildman–Crippen LogP) is 0.0756. The maximum atomic E-state index is 13.2. The fourth-order valence-corrected chi connectivity index (χ4v) is 1.51. The van der Waals surface area contributed by atoms with Gasteiger partial charge in [-0.05, 0) is 12.1 Å². The van der Waals surface area contributed by atoms with Crippen LogP contribution in [0.1, 0.15) is 0 Å². The van der Waals surface area contributed by atoms with Gasteiger partial charge in [-0.1, -0.05) is 0 Å². The molecule has 0 saturated heterocycles. The Kier molecular flexibility index (Phi) is 3.63. The van der Waals surface area contributed by atoms with E-state index in [4.69, 9.17) is 5.11 Å². The number of ether oxygens (including phenoxy) is 1. The van der Waals surface area contributed by atoms with Crippen LogP contribution in [0.5, 0.6) is 5.75 Å². The molecule has 0 aliphatic rings. The van der Waals surface area contributed by atoms with Crippen LogP contribution in [0.15, 0.2) is 17.0 Å². The van der Waals surface area contributed by atoms with E-state index in [-0.39, 0.29) is 0 Å². The van der Waals surface area contributed by atoms with Gasteiger partial charge in [0.25, 0.3) is 0 Å². The van der Waals surface area contributed by atoms with Gasteiger partial charge in [-0.25, -0.2) is 27.1 Å². The highest BCUT2D eigenvalue weighted by Gasteiger charge is 2.18.